The van der Waals surface area contributed by atoms with Gasteiger partial charge < -0.3 is 19.8 Å². The van der Waals surface area contributed by atoms with Gasteiger partial charge in [0.1, 0.15) is 11.0 Å². The lowest BCUT2D eigenvalue weighted by atomic mass is 9.85. The van der Waals surface area contributed by atoms with E-state index in [1.54, 1.807) is 17.2 Å². The second kappa shape index (κ2) is 13.7. The highest BCUT2D eigenvalue weighted by Crippen LogP contribution is 2.36. The van der Waals surface area contributed by atoms with Crippen molar-refractivity contribution in [1.82, 2.24) is 24.7 Å². The van der Waals surface area contributed by atoms with Crippen molar-refractivity contribution in [1.29, 1.82) is 0 Å². The van der Waals surface area contributed by atoms with Crippen molar-refractivity contribution in [2.75, 3.05) is 32.8 Å². The molecule has 4 heterocycles. The van der Waals surface area contributed by atoms with Crippen LogP contribution < -0.4 is 0 Å². The number of amides is 3. The van der Waals surface area contributed by atoms with Crippen molar-refractivity contribution in [3.63, 3.8) is 0 Å². The summed E-state index contributed by atoms with van der Waals surface area (Å²) in [4.78, 5) is 58.8. The van der Waals surface area contributed by atoms with E-state index in [1.807, 2.05) is 18.7 Å². The summed E-state index contributed by atoms with van der Waals surface area (Å²) in [6.07, 6.45) is 11.8. The van der Waals surface area contributed by atoms with Crippen LogP contribution in [0.4, 0.5) is 0 Å². The molecule has 10 nitrogen and oxygen atoms in total. The number of terminal acetylenes is 1. The van der Waals surface area contributed by atoms with Crippen LogP contribution in [-0.2, 0) is 19.2 Å². The second-order valence-electron chi connectivity index (χ2n) is 13.1. The number of carbonyl (C=O) groups excluding carboxylic acids is 3. The number of nitrogens with zero attached hydrogens (tertiary/aromatic N) is 5. The highest BCUT2D eigenvalue weighted by molar-refractivity contribution is 7.13. The Balaban J connectivity index is 1.65. The third kappa shape index (κ3) is 7.59. The fraction of sp³-hybridized carbons (Fsp3) is 0.677. The molecule has 3 saturated heterocycles. The average Bonchev–Trinajstić information content (AvgIpc) is 3.59. The molecule has 0 saturated carbocycles. The number of carbonyl (C=O) groups is 3. The summed E-state index contributed by atoms with van der Waals surface area (Å²) in [6, 6.07) is -0.723. The van der Waals surface area contributed by atoms with Gasteiger partial charge in [-0.15, -0.1) is 17.8 Å². The van der Waals surface area contributed by atoms with Gasteiger partial charge in [-0.2, -0.15) is 5.06 Å². The standard InChI is InChI=1S/C31H45N5O5S/c1-7-23-18-32-26(42-23)10-11-28(38)36-27-20-34(22-12-14-33(19-22)13-8-9-15-37)29(39)24(17-31(4,5)6)35(27)30(40)25(41-36)16-21(2)3/h1,10-11,18,21-22,24-25,27,37H,8-9,12-17,19-20H2,2-6H3/b11-10+/t22-,24-,25+,27-/m0/s1. The van der Waals surface area contributed by atoms with Crippen molar-refractivity contribution >= 4 is 35.1 Å². The first kappa shape index (κ1) is 32.1. The predicted molar refractivity (Wildman–Crippen MR) is 162 cm³/mol. The summed E-state index contributed by atoms with van der Waals surface area (Å²) in [7, 11) is 0. The quantitative estimate of drug-likeness (QED) is 0.250. The van der Waals surface area contributed by atoms with Crippen LogP contribution in [0.5, 0.6) is 0 Å². The molecule has 0 aliphatic carbocycles. The fourth-order valence-corrected chi connectivity index (χ4v) is 6.64. The van der Waals surface area contributed by atoms with Crippen LogP contribution in [0.15, 0.2) is 12.3 Å². The molecule has 11 heteroatoms. The number of hydrogen-bond donors (Lipinski definition) is 1. The van der Waals surface area contributed by atoms with Crippen molar-refractivity contribution in [2.24, 2.45) is 11.3 Å². The second-order valence-corrected chi connectivity index (χ2v) is 14.2. The third-order valence-corrected chi connectivity index (χ3v) is 8.83. The zero-order valence-corrected chi connectivity index (χ0v) is 26.3. The number of likely N-dealkylation sites (tertiary alicyclic amines) is 1. The smallest absolute Gasteiger partial charge is 0.272 e. The van der Waals surface area contributed by atoms with Gasteiger partial charge in [0.25, 0.3) is 11.8 Å². The molecule has 4 atom stereocenters. The first-order chi connectivity index (χ1) is 19.9. The van der Waals surface area contributed by atoms with Crippen LogP contribution >= 0.6 is 11.3 Å². The molecule has 3 aliphatic rings. The zero-order valence-electron chi connectivity index (χ0n) is 25.5. The molecular formula is C31H45N5O5S. The maximum Gasteiger partial charge on any atom is 0.272 e. The van der Waals surface area contributed by atoms with Crippen LogP contribution in [0, 0.1) is 23.7 Å². The molecule has 0 bridgehead atoms. The van der Waals surface area contributed by atoms with Crippen LogP contribution in [0.25, 0.3) is 6.08 Å². The van der Waals surface area contributed by atoms with E-state index in [2.05, 4.69) is 36.6 Å². The lowest BCUT2D eigenvalue weighted by Gasteiger charge is -2.54. The minimum atomic E-state index is -0.859. The molecule has 4 rings (SSSR count). The molecule has 1 N–H and O–H groups in total. The number of rotatable bonds is 10. The lowest BCUT2D eigenvalue weighted by Crippen LogP contribution is -2.74. The number of hydroxylamine groups is 2. The van der Waals surface area contributed by atoms with Gasteiger partial charge in [-0.1, -0.05) is 40.5 Å². The zero-order chi connectivity index (χ0) is 30.6. The van der Waals surface area contributed by atoms with Crippen molar-refractivity contribution in [3.05, 3.63) is 22.2 Å². The lowest BCUT2D eigenvalue weighted by molar-refractivity contribution is -0.275. The Morgan fingerprint density at radius 2 is 2.02 bits per heavy atom. The Kier molecular flexibility index (Phi) is 10.5. The molecule has 1 aromatic rings. The van der Waals surface area contributed by atoms with Gasteiger partial charge in [-0.25, -0.2) is 4.98 Å². The van der Waals surface area contributed by atoms with E-state index < -0.39 is 24.2 Å². The van der Waals surface area contributed by atoms with Crippen molar-refractivity contribution < 1.29 is 24.3 Å². The van der Waals surface area contributed by atoms with E-state index in [9.17, 15) is 19.5 Å². The monoisotopic (exact) mass is 599 g/mol. The van der Waals surface area contributed by atoms with Crippen LogP contribution in [0.1, 0.15) is 76.6 Å². The number of aliphatic hydroxyl groups is 1. The molecule has 0 unspecified atom stereocenters. The minimum absolute atomic E-state index is 0.0234. The Labute approximate surface area is 253 Å². The first-order valence-corrected chi connectivity index (χ1v) is 15.8. The average molecular weight is 600 g/mol. The van der Waals surface area contributed by atoms with Crippen LogP contribution in [0.3, 0.4) is 0 Å². The predicted octanol–water partition coefficient (Wildman–Crippen LogP) is 2.97. The number of aliphatic hydroxyl groups excluding tert-OH is 1. The Bertz CT molecular complexity index is 1200. The highest BCUT2D eigenvalue weighted by Gasteiger charge is 2.54. The van der Waals surface area contributed by atoms with Crippen LogP contribution in [-0.4, -0.2) is 105 Å². The molecule has 0 aromatic carbocycles. The minimum Gasteiger partial charge on any atom is -0.396 e. The van der Waals surface area contributed by atoms with Crippen molar-refractivity contribution in [3.8, 4) is 12.3 Å². The summed E-state index contributed by atoms with van der Waals surface area (Å²) >= 11 is 1.30. The molecule has 42 heavy (non-hydrogen) atoms. The number of hydrogen-bond acceptors (Lipinski definition) is 8. The van der Waals surface area contributed by atoms with Gasteiger partial charge in [-0.05, 0) is 56.1 Å². The highest BCUT2D eigenvalue weighted by atomic mass is 32.1. The maximum absolute atomic E-state index is 14.2. The molecule has 230 valence electrons. The summed E-state index contributed by atoms with van der Waals surface area (Å²) in [5.41, 5.74) is -0.236. The summed E-state index contributed by atoms with van der Waals surface area (Å²) in [6.45, 7) is 13.0. The summed E-state index contributed by atoms with van der Waals surface area (Å²) < 4.78 is 0. The summed E-state index contributed by atoms with van der Waals surface area (Å²) in [5.74, 6) is 1.98. The maximum atomic E-state index is 14.2. The van der Waals surface area contributed by atoms with Crippen molar-refractivity contribution in [2.45, 2.75) is 91.1 Å². The normalized spacial score (nSPS) is 25.5. The Hall–Kier alpha value is -2.78. The first-order valence-electron chi connectivity index (χ1n) is 15.0. The van der Waals surface area contributed by atoms with Crippen LogP contribution in [0.2, 0.25) is 0 Å². The molecule has 3 aliphatic heterocycles. The fourth-order valence-electron chi connectivity index (χ4n) is 6.01. The number of aromatic nitrogens is 1. The Morgan fingerprint density at radius 3 is 2.67 bits per heavy atom. The molecular weight excluding hydrogens is 554 g/mol. The van der Waals surface area contributed by atoms with Gasteiger partial charge in [0, 0.05) is 31.8 Å². The molecule has 1 aromatic heterocycles. The van der Waals surface area contributed by atoms with Gasteiger partial charge in [0.2, 0.25) is 5.91 Å². The van der Waals surface area contributed by atoms with Gasteiger partial charge >= 0.3 is 0 Å². The largest absolute Gasteiger partial charge is 0.396 e. The number of fused-ring (bicyclic) bond motifs is 1. The van der Waals surface area contributed by atoms with E-state index in [0.29, 0.717) is 22.7 Å². The van der Waals surface area contributed by atoms with Gasteiger partial charge in [0.05, 0.1) is 17.6 Å². The molecule has 3 fully saturated rings. The third-order valence-electron chi connectivity index (χ3n) is 7.94. The van der Waals surface area contributed by atoms with E-state index in [-0.39, 0.29) is 42.3 Å². The van der Waals surface area contributed by atoms with E-state index in [0.717, 1.165) is 38.9 Å². The SMILES string of the molecule is C#Cc1cnc(/C=C/C(=O)N2O[C@H](CC(C)C)C(=O)N3[C@@H]2CN([C@H]2CCN(CCCCO)C2)C(=O)[C@@H]3CC(C)(C)C)s1. The molecule has 3 amide bonds. The number of thiazole rings is 1. The van der Waals surface area contributed by atoms with E-state index in [4.69, 9.17) is 11.3 Å². The van der Waals surface area contributed by atoms with E-state index in [1.165, 1.54) is 22.5 Å². The Morgan fingerprint density at radius 1 is 1.26 bits per heavy atom. The molecule has 0 spiro atoms. The molecule has 0 radical (unpaired) electrons. The summed E-state index contributed by atoms with van der Waals surface area (Å²) in [5, 5.41) is 11.1. The van der Waals surface area contributed by atoms with Gasteiger partial charge in [-0.3, -0.25) is 19.2 Å². The number of piperazine rings is 1. The number of unbranched alkanes of at least 4 members (excludes halogenated alkanes) is 1. The van der Waals surface area contributed by atoms with Gasteiger partial charge in [0.15, 0.2) is 12.3 Å². The topological polar surface area (TPSA) is 107 Å². The van der Waals surface area contributed by atoms with E-state index >= 15 is 0 Å².